The lowest BCUT2D eigenvalue weighted by atomic mass is 10.1. The van der Waals surface area contributed by atoms with Crippen LogP contribution in [0.3, 0.4) is 0 Å². The molecule has 5 heteroatoms. The molecule has 0 atom stereocenters. The minimum Gasteiger partial charge on any atom is -0.313 e. The van der Waals surface area contributed by atoms with Crippen LogP contribution >= 0.6 is 0 Å². The van der Waals surface area contributed by atoms with Crippen molar-refractivity contribution in [2.75, 3.05) is 19.6 Å². The average molecular weight is 296 g/mol. The summed E-state index contributed by atoms with van der Waals surface area (Å²) in [6, 6.07) is 5.43. The topological polar surface area (TPSA) is 49.4 Å². The summed E-state index contributed by atoms with van der Waals surface area (Å²) in [7, 11) is -3.46. The number of benzene rings is 1. The third-order valence-electron chi connectivity index (χ3n) is 3.26. The molecule has 4 nitrogen and oxygen atoms in total. The van der Waals surface area contributed by atoms with Gasteiger partial charge in [-0.2, -0.15) is 4.31 Å². The molecule has 0 unspecified atom stereocenters. The van der Waals surface area contributed by atoms with E-state index in [2.05, 4.69) is 11.9 Å². The van der Waals surface area contributed by atoms with Crippen LogP contribution in [-0.2, 0) is 16.6 Å². The lowest BCUT2D eigenvalue weighted by Crippen LogP contribution is -2.31. The van der Waals surface area contributed by atoms with Gasteiger partial charge >= 0.3 is 0 Å². The van der Waals surface area contributed by atoms with Gasteiger partial charge in [0.05, 0.1) is 4.90 Å². The monoisotopic (exact) mass is 296 g/mol. The first-order chi connectivity index (χ1) is 9.48. The molecular formula is C15H24N2O2S. The zero-order chi connectivity index (χ0) is 15.2. The van der Waals surface area contributed by atoms with E-state index in [1.54, 1.807) is 18.2 Å². The van der Waals surface area contributed by atoms with E-state index in [1.165, 1.54) is 4.31 Å². The molecule has 0 aromatic heterocycles. The van der Waals surface area contributed by atoms with Crippen molar-refractivity contribution in [2.45, 2.75) is 32.2 Å². The van der Waals surface area contributed by atoms with E-state index in [-0.39, 0.29) is 0 Å². The van der Waals surface area contributed by atoms with Gasteiger partial charge in [-0.1, -0.05) is 32.1 Å². The average Bonchev–Trinajstić information content (AvgIpc) is 2.43. The van der Waals surface area contributed by atoms with Crippen molar-refractivity contribution in [3.05, 3.63) is 42.0 Å². The second-order valence-electron chi connectivity index (χ2n) is 4.56. The van der Waals surface area contributed by atoms with Crippen molar-refractivity contribution in [3.8, 4) is 0 Å². The zero-order valence-corrected chi connectivity index (χ0v) is 13.3. The van der Waals surface area contributed by atoms with Crippen molar-refractivity contribution in [3.63, 3.8) is 0 Å². The highest BCUT2D eigenvalue weighted by Gasteiger charge is 2.24. The molecule has 0 amide bonds. The number of hydrogen-bond acceptors (Lipinski definition) is 3. The standard InChI is InChI=1S/C15H24N2O2S/c1-5-11-17(7-3)20(18,19)15-10-8-9-14(13(15)4)12-16-6-2/h5,8-10,16H,1,6-7,11-12H2,2-4H3. The fraction of sp³-hybridized carbons (Fsp3) is 0.467. The van der Waals surface area contributed by atoms with Crippen LogP contribution in [0.5, 0.6) is 0 Å². The number of nitrogens with zero attached hydrogens (tertiary/aromatic N) is 1. The zero-order valence-electron chi connectivity index (χ0n) is 12.5. The van der Waals surface area contributed by atoms with Crippen LogP contribution in [0, 0.1) is 6.92 Å². The Morgan fingerprint density at radius 2 is 2.05 bits per heavy atom. The molecule has 0 aliphatic rings. The summed E-state index contributed by atoms with van der Waals surface area (Å²) in [6.45, 7) is 11.6. The van der Waals surface area contributed by atoms with Gasteiger partial charge in [0.15, 0.2) is 0 Å². The second kappa shape index (κ2) is 7.57. The van der Waals surface area contributed by atoms with Gasteiger partial charge in [-0.05, 0) is 30.7 Å². The van der Waals surface area contributed by atoms with Gasteiger partial charge in [0, 0.05) is 19.6 Å². The normalized spacial score (nSPS) is 11.8. The molecule has 1 aromatic rings. The highest BCUT2D eigenvalue weighted by Crippen LogP contribution is 2.22. The fourth-order valence-corrected chi connectivity index (χ4v) is 3.76. The smallest absolute Gasteiger partial charge is 0.243 e. The Morgan fingerprint density at radius 1 is 1.35 bits per heavy atom. The highest BCUT2D eigenvalue weighted by molar-refractivity contribution is 7.89. The summed E-state index contributed by atoms with van der Waals surface area (Å²) in [5.41, 5.74) is 1.83. The maximum Gasteiger partial charge on any atom is 0.243 e. The van der Waals surface area contributed by atoms with Crippen LogP contribution in [0.4, 0.5) is 0 Å². The van der Waals surface area contributed by atoms with Crippen LogP contribution in [-0.4, -0.2) is 32.4 Å². The molecule has 0 bridgehead atoms. The Labute approximate surface area is 122 Å². The Balaban J connectivity index is 3.21. The quantitative estimate of drug-likeness (QED) is 0.749. The van der Waals surface area contributed by atoms with Gasteiger partial charge in [-0.3, -0.25) is 0 Å². The summed E-state index contributed by atoms with van der Waals surface area (Å²) >= 11 is 0. The van der Waals surface area contributed by atoms with Crippen molar-refractivity contribution in [1.29, 1.82) is 0 Å². The van der Waals surface area contributed by atoms with Crippen LogP contribution in [0.25, 0.3) is 0 Å². The molecule has 0 heterocycles. The molecule has 0 radical (unpaired) electrons. The third-order valence-corrected chi connectivity index (χ3v) is 5.35. The Kier molecular flexibility index (Phi) is 6.39. The molecule has 0 aliphatic carbocycles. The Hall–Kier alpha value is -1.17. The van der Waals surface area contributed by atoms with Gasteiger partial charge in [-0.25, -0.2) is 8.42 Å². The van der Waals surface area contributed by atoms with Gasteiger partial charge in [0.2, 0.25) is 10.0 Å². The maximum atomic E-state index is 12.7. The highest BCUT2D eigenvalue weighted by atomic mass is 32.2. The van der Waals surface area contributed by atoms with Crippen LogP contribution in [0.1, 0.15) is 25.0 Å². The van der Waals surface area contributed by atoms with Gasteiger partial charge < -0.3 is 5.32 Å². The second-order valence-corrected chi connectivity index (χ2v) is 6.47. The maximum absolute atomic E-state index is 12.7. The summed E-state index contributed by atoms with van der Waals surface area (Å²) in [6.07, 6.45) is 1.61. The van der Waals surface area contributed by atoms with E-state index >= 15 is 0 Å². The molecule has 0 fully saturated rings. The minimum absolute atomic E-state index is 0.329. The molecule has 20 heavy (non-hydrogen) atoms. The molecular weight excluding hydrogens is 272 g/mol. The van der Waals surface area contributed by atoms with Crippen LogP contribution < -0.4 is 5.32 Å². The number of likely N-dealkylation sites (N-methyl/N-ethyl adjacent to an activating group) is 1. The molecule has 1 rings (SSSR count). The van der Waals surface area contributed by atoms with E-state index in [9.17, 15) is 8.42 Å². The first kappa shape index (κ1) is 16.9. The van der Waals surface area contributed by atoms with Gasteiger partial charge in [0.1, 0.15) is 0 Å². The number of hydrogen-bond donors (Lipinski definition) is 1. The third kappa shape index (κ3) is 3.69. The van der Waals surface area contributed by atoms with E-state index in [0.717, 1.165) is 17.7 Å². The predicted molar refractivity (Wildman–Crippen MR) is 83.2 cm³/mol. The summed E-state index contributed by atoms with van der Waals surface area (Å²) < 4.78 is 26.7. The van der Waals surface area contributed by atoms with E-state index in [4.69, 9.17) is 0 Å². The molecule has 1 aromatic carbocycles. The van der Waals surface area contributed by atoms with Gasteiger partial charge in [0.25, 0.3) is 0 Å². The van der Waals surface area contributed by atoms with Crippen LogP contribution in [0.2, 0.25) is 0 Å². The van der Waals surface area contributed by atoms with Gasteiger partial charge in [-0.15, -0.1) is 6.58 Å². The molecule has 0 spiro atoms. The van der Waals surface area contributed by atoms with Crippen molar-refractivity contribution >= 4 is 10.0 Å². The first-order valence-electron chi connectivity index (χ1n) is 6.89. The predicted octanol–water partition coefficient (Wildman–Crippen LogP) is 2.30. The van der Waals surface area contributed by atoms with Crippen LogP contribution in [0.15, 0.2) is 35.7 Å². The Bertz CT molecular complexity index is 553. The lowest BCUT2D eigenvalue weighted by molar-refractivity contribution is 0.459. The van der Waals surface area contributed by atoms with Crippen molar-refractivity contribution in [1.82, 2.24) is 9.62 Å². The van der Waals surface area contributed by atoms with E-state index in [1.807, 2.05) is 26.8 Å². The summed E-state index contributed by atoms with van der Waals surface area (Å²) in [5.74, 6) is 0. The molecule has 1 N–H and O–H groups in total. The first-order valence-corrected chi connectivity index (χ1v) is 8.33. The largest absolute Gasteiger partial charge is 0.313 e. The fourth-order valence-electron chi connectivity index (χ4n) is 2.07. The number of nitrogens with one attached hydrogen (secondary N) is 1. The summed E-state index contributed by atoms with van der Waals surface area (Å²) in [4.78, 5) is 0.386. The van der Waals surface area contributed by atoms with Crippen molar-refractivity contribution in [2.24, 2.45) is 0 Å². The molecule has 112 valence electrons. The number of rotatable bonds is 8. The number of sulfonamides is 1. The van der Waals surface area contributed by atoms with E-state index < -0.39 is 10.0 Å². The Morgan fingerprint density at radius 3 is 2.60 bits per heavy atom. The minimum atomic E-state index is -3.46. The lowest BCUT2D eigenvalue weighted by Gasteiger charge is -2.21. The SMILES string of the molecule is C=CCN(CC)S(=O)(=O)c1cccc(CNCC)c1C. The van der Waals surface area contributed by atoms with E-state index in [0.29, 0.717) is 24.5 Å². The summed E-state index contributed by atoms with van der Waals surface area (Å²) in [5, 5.41) is 3.23. The molecule has 0 saturated heterocycles. The van der Waals surface area contributed by atoms with Crippen molar-refractivity contribution < 1.29 is 8.42 Å². The molecule has 0 aliphatic heterocycles. The molecule has 0 saturated carbocycles.